The summed E-state index contributed by atoms with van der Waals surface area (Å²) in [5, 5.41) is 3.59. The number of halogens is 1. The highest BCUT2D eigenvalue weighted by Gasteiger charge is 2.66. The van der Waals surface area contributed by atoms with Gasteiger partial charge in [0.1, 0.15) is 5.60 Å². The molecule has 0 aromatic heterocycles. The molecule has 1 N–H and O–H groups in total. The zero-order chi connectivity index (χ0) is 20.6. The topological polar surface area (TPSA) is 67.9 Å². The molecule has 4 unspecified atom stereocenters. The summed E-state index contributed by atoms with van der Waals surface area (Å²) in [7, 11) is 0. The molecule has 1 aromatic carbocycles. The summed E-state index contributed by atoms with van der Waals surface area (Å²) in [6.45, 7) is 5.95. The Kier molecular flexibility index (Phi) is 5.69. The van der Waals surface area contributed by atoms with Crippen LogP contribution in [0.5, 0.6) is 0 Å². The maximum atomic E-state index is 13.2. The zero-order valence-electron chi connectivity index (χ0n) is 16.8. The molecule has 2 fully saturated rings. The van der Waals surface area contributed by atoms with Gasteiger partial charge < -0.3 is 19.7 Å². The van der Waals surface area contributed by atoms with Crippen molar-refractivity contribution in [3.63, 3.8) is 0 Å². The van der Waals surface area contributed by atoms with E-state index >= 15 is 0 Å². The van der Waals surface area contributed by atoms with Crippen LogP contribution in [0.1, 0.15) is 25.8 Å². The predicted octanol–water partition coefficient (Wildman–Crippen LogP) is 2.55. The second-order valence-electron chi connectivity index (χ2n) is 8.25. The largest absolute Gasteiger partial charge is 0.379 e. The molecule has 29 heavy (non-hydrogen) atoms. The monoisotopic (exact) mass is 418 g/mol. The van der Waals surface area contributed by atoms with Crippen molar-refractivity contribution in [3.8, 4) is 0 Å². The van der Waals surface area contributed by atoms with Crippen LogP contribution in [0.3, 0.4) is 0 Å². The van der Waals surface area contributed by atoms with Crippen LogP contribution in [0.15, 0.2) is 36.4 Å². The molecule has 6 nitrogen and oxygen atoms in total. The molecule has 0 radical (unpaired) electrons. The molecule has 0 aliphatic carbocycles. The van der Waals surface area contributed by atoms with Crippen molar-refractivity contribution in [2.24, 2.45) is 11.8 Å². The summed E-state index contributed by atoms with van der Waals surface area (Å²) in [4.78, 5) is 27.9. The molecular weight excluding hydrogens is 392 g/mol. The van der Waals surface area contributed by atoms with Gasteiger partial charge in [0.05, 0.1) is 30.6 Å². The first-order valence-corrected chi connectivity index (χ1v) is 10.6. The Labute approximate surface area is 176 Å². The van der Waals surface area contributed by atoms with Gasteiger partial charge in [-0.2, -0.15) is 0 Å². The van der Waals surface area contributed by atoms with E-state index in [0.717, 1.165) is 12.0 Å². The lowest BCUT2D eigenvalue weighted by Gasteiger charge is -2.23. The fourth-order valence-electron chi connectivity index (χ4n) is 4.56. The van der Waals surface area contributed by atoms with E-state index in [1.54, 1.807) is 4.90 Å². The number of carbonyl (C=O) groups is 2. The average molecular weight is 419 g/mol. The number of ether oxygens (including phenoxy) is 2. The number of nitrogens with zero attached hydrogens (tertiary/aromatic N) is 1. The maximum absolute atomic E-state index is 13.2. The van der Waals surface area contributed by atoms with Crippen molar-refractivity contribution in [2.75, 3.05) is 19.7 Å². The molecule has 1 aromatic rings. The molecule has 3 aliphatic heterocycles. The van der Waals surface area contributed by atoms with Crippen LogP contribution in [-0.2, 0) is 25.6 Å². The minimum atomic E-state index is -0.703. The van der Waals surface area contributed by atoms with E-state index in [1.165, 1.54) is 0 Å². The Morgan fingerprint density at radius 2 is 2.21 bits per heavy atom. The number of hydrogen-bond acceptors (Lipinski definition) is 4. The zero-order valence-corrected chi connectivity index (χ0v) is 17.5. The molecular formula is C22H27ClN2O4. The van der Waals surface area contributed by atoms with Crippen molar-refractivity contribution in [2.45, 2.75) is 44.6 Å². The van der Waals surface area contributed by atoms with Gasteiger partial charge >= 0.3 is 0 Å². The van der Waals surface area contributed by atoms with Crippen molar-refractivity contribution in [3.05, 3.63) is 47.0 Å². The number of fused-ring (bicyclic) bond motifs is 1. The molecule has 2 amide bonds. The molecule has 7 heteroatoms. The average Bonchev–Trinajstić information content (AvgIpc) is 3.31. The van der Waals surface area contributed by atoms with Crippen molar-refractivity contribution < 1.29 is 19.1 Å². The number of hydrogen-bond donors (Lipinski definition) is 1. The van der Waals surface area contributed by atoms with E-state index < -0.39 is 17.4 Å². The van der Waals surface area contributed by atoms with E-state index in [2.05, 4.69) is 5.32 Å². The minimum Gasteiger partial charge on any atom is -0.379 e. The highest BCUT2D eigenvalue weighted by atomic mass is 35.5. The van der Waals surface area contributed by atoms with Crippen LogP contribution in [0, 0.1) is 11.8 Å². The Hall–Kier alpha value is -1.89. The van der Waals surface area contributed by atoms with Gasteiger partial charge in [-0.3, -0.25) is 9.59 Å². The van der Waals surface area contributed by atoms with Crippen LogP contribution in [0.4, 0.5) is 0 Å². The lowest BCUT2D eigenvalue weighted by molar-refractivity contribution is -0.137. The molecule has 3 heterocycles. The van der Waals surface area contributed by atoms with Gasteiger partial charge in [-0.15, -0.1) is 0 Å². The molecule has 0 saturated carbocycles. The number of likely N-dealkylation sites (tertiary alicyclic amines) is 1. The first-order valence-electron chi connectivity index (χ1n) is 10.2. The third-order valence-corrected chi connectivity index (χ3v) is 6.24. The number of rotatable bonds is 8. The number of carbonyl (C=O) groups excluding carboxylic acids is 2. The van der Waals surface area contributed by atoms with Crippen LogP contribution >= 0.6 is 11.6 Å². The van der Waals surface area contributed by atoms with E-state index in [1.807, 2.05) is 50.3 Å². The number of benzene rings is 1. The second-order valence-corrected chi connectivity index (χ2v) is 8.66. The molecule has 2 bridgehead atoms. The molecule has 4 rings (SSSR count). The SMILES string of the molecule is CC(C)OCCCNC(=O)C1C2C=CC3(CN(Cc4ccccc4Cl)C(=O)C13)O2. The summed E-state index contributed by atoms with van der Waals surface area (Å²) >= 11 is 6.27. The van der Waals surface area contributed by atoms with Gasteiger partial charge in [0.2, 0.25) is 11.8 Å². The fraction of sp³-hybridized carbons (Fsp3) is 0.545. The lowest BCUT2D eigenvalue weighted by atomic mass is 9.77. The predicted molar refractivity (Wildman–Crippen MR) is 109 cm³/mol. The Morgan fingerprint density at radius 3 is 2.97 bits per heavy atom. The minimum absolute atomic E-state index is 0.0416. The van der Waals surface area contributed by atoms with E-state index in [-0.39, 0.29) is 24.0 Å². The Balaban J connectivity index is 1.42. The van der Waals surface area contributed by atoms with Crippen LogP contribution in [-0.4, -0.2) is 54.2 Å². The molecule has 4 atom stereocenters. The smallest absolute Gasteiger partial charge is 0.230 e. The molecule has 2 saturated heterocycles. The van der Waals surface area contributed by atoms with Crippen molar-refractivity contribution >= 4 is 23.4 Å². The highest BCUT2D eigenvalue weighted by Crippen LogP contribution is 2.52. The fourth-order valence-corrected chi connectivity index (χ4v) is 4.76. The third kappa shape index (κ3) is 3.81. The lowest BCUT2D eigenvalue weighted by Crippen LogP contribution is -2.44. The first kappa shape index (κ1) is 20.4. The van der Waals surface area contributed by atoms with Crippen LogP contribution in [0.25, 0.3) is 0 Å². The third-order valence-electron chi connectivity index (χ3n) is 5.87. The number of amides is 2. The summed E-state index contributed by atoms with van der Waals surface area (Å²) in [5.41, 5.74) is 0.190. The van der Waals surface area contributed by atoms with E-state index in [9.17, 15) is 9.59 Å². The van der Waals surface area contributed by atoms with Gasteiger partial charge in [-0.1, -0.05) is 42.0 Å². The van der Waals surface area contributed by atoms with Crippen molar-refractivity contribution in [1.29, 1.82) is 0 Å². The normalized spacial score (nSPS) is 29.7. The van der Waals surface area contributed by atoms with Gasteiger partial charge in [-0.05, 0) is 31.9 Å². The Bertz CT molecular complexity index is 827. The van der Waals surface area contributed by atoms with Gasteiger partial charge in [0.15, 0.2) is 0 Å². The standard InChI is InChI=1S/C22H27ClN2O4/c1-14(2)28-11-5-10-24-20(26)18-17-8-9-22(29-17)13-25(21(27)19(18)22)12-15-6-3-4-7-16(15)23/h3-4,6-9,14,17-19H,5,10-13H2,1-2H3,(H,24,26). The van der Waals surface area contributed by atoms with Gasteiger partial charge in [0, 0.05) is 24.7 Å². The summed E-state index contributed by atoms with van der Waals surface area (Å²) in [5.74, 6) is -1.13. The molecule has 156 valence electrons. The molecule has 3 aliphatic rings. The maximum Gasteiger partial charge on any atom is 0.230 e. The van der Waals surface area contributed by atoms with Crippen molar-refractivity contribution in [1.82, 2.24) is 10.2 Å². The summed E-state index contributed by atoms with van der Waals surface area (Å²) in [6.07, 6.45) is 4.47. The summed E-state index contributed by atoms with van der Waals surface area (Å²) in [6, 6.07) is 7.50. The van der Waals surface area contributed by atoms with E-state index in [4.69, 9.17) is 21.1 Å². The van der Waals surface area contributed by atoms with Gasteiger partial charge in [-0.25, -0.2) is 0 Å². The highest BCUT2D eigenvalue weighted by molar-refractivity contribution is 6.31. The van der Waals surface area contributed by atoms with Crippen LogP contribution < -0.4 is 5.32 Å². The first-order chi connectivity index (χ1) is 13.9. The Morgan fingerprint density at radius 1 is 1.41 bits per heavy atom. The second kappa shape index (κ2) is 8.09. The quantitative estimate of drug-likeness (QED) is 0.520. The number of nitrogens with one attached hydrogen (secondary N) is 1. The van der Waals surface area contributed by atoms with Gasteiger partial charge in [0.25, 0.3) is 0 Å². The van der Waals surface area contributed by atoms with Crippen LogP contribution in [0.2, 0.25) is 5.02 Å². The summed E-state index contributed by atoms with van der Waals surface area (Å²) < 4.78 is 11.7. The van der Waals surface area contributed by atoms with E-state index in [0.29, 0.717) is 31.3 Å². The molecule has 1 spiro atoms.